The van der Waals surface area contributed by atoms with E-state index < -0.39 is 24.6 Å². The van der Waals surface area contributed by atoms with Crippen LogP contribution >= 0.6 is 0 Å². The molecule has 2 heterocycles. The predicted octanol–water partition coefficient (Wildman–Crippen LogP) is 2.19. The lowest BCUT2D eigenvalue weighted by Crippen LogP contribution is -2.47. The van der Waals surface area contributed by atoms with Gasteiger partial charge in [0, 0.05) is 48.7 Å². The molecule has 1 aromatic carbocycles. The molecule has 2 atom stereocenters. The van der Waals surface area contributed by atoms with Gasteiger partial charge in [-0.1, -0.05) is 6.58 Å². The van der Waals surface area contributed by atoms with Crippen molar-refractivity contribution in [3.8, 4) is 5.75 Å². The SMILES string of the molecule is C=CS(C)(=O)=O.CS(=O)(=O)CCN1C2CCC1CC(Oc1ccc([N+](=O)[O-])cc1)C2. The molecule has 0 radical (unpaired) electrons. The maximum absolute atomic E-state index is 11.4. The van der Waals surface area contributed by atoms with Crippen LogP contribution in [-0.2, 0) is 19.7 Å². The summed E-state index contributed by atoms with van der Waals surface area (Å²) >= 11 is 0. The number of sulfone groups is 2. The van der Waals surface area contributed by atoms with Crippen molar-refractivity contribution in [1.82, 2.24) is 4.90 Å². The molecule has 0 aliphatic carbocycles. The van der Waals surface area contributed by atoms with Crippen molar-refractivity contribution in [2.45, 2.75) is 43.9 Å². The van der Waals surface area contributed by atoms with Crippen LogP contribution in [0, 0.1) is 10.1 Å². The molecule has 11 heteroatoms. The summed E-state index contributed by atoms with van der Waals surface area (Å²) < 4.78 is 48.5. The highest BCUT2D eigenvalue weighted by Crippen LogP contribution is 2.37. The Hall–Kier alpha value is -1.98. The molecule has 2 bridgehead atoms. The van der Waals surface area contributed by atoms with Gasteiger partial charge in [0.15, 0.2) is 9.84 Å². The molecule has 2 aliphatic heterocycles. The Morgan fingerprint density at radius 1 is 1.13 bits per heavy atom. The molecule has 0 saturated carbocycles. The summed E-state index contributed by atoms with van der Waals surface area (Å²) in [7, 11) is -5.84. The van der Waals surface area contributed by atoms with Crippen LogP contribution in [0.5, 0.6) is 5.75 Å². The van der Waals surface area contributed by atoms with Gasteiger partial charge in [0.05, 0.1) is 10.7 Å². The molecule has 168 valence electrons. The van der Waals surface area contributed by atoms with Crippen molar-refractivity contribution in [3.63, 3.8) is 0 Å². The van der Waals surface area contributed by atoms with E-state index in [2.05, 4.69) is 11.5 Å². The number of non-ortho nitro benzene ring substituents is 1. The Labute approximate surface area is 177 Å². The normalized spacial score (nSPS) is 23.9. The lowest BCUT2D eigenvalue weighted by Gasteiger charge is -2.38. The highest BCUT2D eigenvalue weighted by molar-refractivity contribution is 7.93. The van der Waals surface area contributed by atoms with Gasteiger partial charge in [0.2, 0.25) is 0 Å². The average molecular weight is 461 g/mol. The van der Waals surface area contributed by atoms with E-state index in [0.717, 1.165) is 37.3 Å². The van der Waals surface area contributed by atoms with Gasteiger partial charge >= 0.3 is 0 Å². The van der Waals surface area contributed by atoms with E-state index >= 15 is 0 Å². The number of hydrogen-bond donors (Lipinski definition) is 0. The zero-order chi connectivity index (χ0) is 22.5. The number of nitro groups is 1. The molecule has 2 unspecified atom stereocenters. The summed E-state index contributed by atoms with van der Waals surface area (Å²) in [5.74, 6) is 0.850. The summed E-state index contributed by atoms with van der Waals surface area (Å²) in [5.41, 5.74) is 0.0537. The molecule has 2 fully saturated rings. The van der Waals surface area contributed by atoms with Gasteiger partial charge in [-0.15, -0.1) is 0 Å². The van der Waals surface area contributed by atoms with Gasteiger partial charge in [-0.3, -0.25) is 15.0 Å². The third-order valence-electron chi connectivity index (χ3n) is 5.21. The molecule has 30 heavy (non-hydrogen) atoms. The van der Waals surface area contributed by atoms with Crippen LogP contribution in [0.4, 0.5) is 5.69 Å². The van der Waals surface area contributed by atoms with E-state index in [1.165, 1.54) is 18.4 Å². The van der Waals surface area contributed by atoms with Crippen LogP contribution in [-0.4, -0.2) is 69.7 Å². The second-order valence-corrected chi connectivity index (χ2v) is 12.0. The van der Waals surface area contributed by atoms with Gasteiger partial charge in [0.1, 0.15) is 21.7 Å². The number of hydrogen-bond acceptors (Lipinski definition) is 8. The first-order chi connectivity index (χ1) is 13.9. The fourth-order valence-corrected chi connectivity index (χ4v) is 4.34. The van der Waals surface area contributed by atoms with E-state index in [1.54, 1.807) is 12.1 Å². The van der Waals surface area contributed by atoms with Crippen LogP contribution in [0.25, 0.3) is 0 Å². The minimum Gasteiger partial charge on any atom is -0.490 e. The standard InChI is InChI=1S/C16H22N2O5S.C3H6O2S/c1-24(21,22)9-8-17-13-2-3-14(17)11-16(10-13)23-15-6-4-12(5-7-15)18(19)20;1-3-6(2,4)5/h4-7,13-14,16H,2-3,8-11H2,1H3;3H,1H2,2H3. The van der Waals surface area contributed by atoms with E-state index in [0.29, 0.717) is 24.4 Å². The minimum atomic E-state index is -2.94. The van der Waals surface area contributed by atoms with E-state index in [4.69, 9.17) is 4.74 Å². The summed E-state index contributed by atoms with van der Waals surface area (Å²) in [6.07, 6.45) is 6.36. The minimum absolute atomic E-state index is 0.0537. The number of fused-ring (bicyclic) bond motifs is 2. The van der Waals surface area contributed by atoms with E-state index in [1.807, 2.05) is 0 Å². The van der Waals surface area contributed by atoms with Crippen molar-refractivity contribution in [2.75, 3.05) is 24.8 Å². The number of ether oxygens (including phenoxy) is 1. The fourth-order valence-electron chi connectivity index (χ4n) is 3.80. The third-order valence-corrected chi connectivity index (χ3v) is 6.74. The molecule has 0 spiro atoms. The van der Waals surface area contributed by atoms with E-state index in [9.17, 15) is 26.9 Å². The Balaban J connectivity index is 0.000000469. The average Bonchev–Trinajstić information content (AvgIpc) is 2.88. The van der Waals surface area contributed by atoms with Gasteiger partial charge in [0.25, 0.3) is 5.69 Å². The number of rotatable bonds is 7. The first-order valence-electron chi connectivity index (χ1n) is 9.55. The van der Waals surface area contributed by atoms with Crippen LogP contribution in [0.3, 0.4) is 0 Å². The first kappa shape index (κ1) is 24.3. The molecule has 3 rings (SSSR count). The fraction of sp³-hybridized carbons (Fsp3) is 0.579. The van der Waals surface area contributed by atoms with Crippen molar-refractivity contribution in [2.24, 2.45) is 0 Å². The summed E-state index contributed by atoms with van der Waals surface area (Å²) in [5, 5.41) is 11.6. The smallest absolute Gasteiger partial charge is 0.269 e. The molecule has 2 saturated heterocycles. The van der Waals surface area contributed by atoms with Crippen LogP contribution < -0.4 is 4.74 Å². The molecule has 1 aromatic rings. The third kappa shape index (κ3) is 7.69. The lowest BCUT2D eigenvalue weighted by molar-refractivity contribution is -0.384. The van der Waals surface area contributed by atoms with Crippen molar-refractivity contribution in [1.29, 1.82) is 0 Å². The Morgan fingerprint density at radius 2 is 1.63 bits per heavy atom. The van der Waals surface area contributed by atoms with Crippen LogP contribution in [0.15, 0.2) is 36.3 Å². The number of piperidine rings is 1. The summed E-state index contributed by atoms with van der Waals surface area (Å²) in [4.78, 5) is 12.6. The maximum atomic E-state index is 11.4. The second kappa shape index (κ2) is 9.88. The molecular formula is C19H28N2O7S2. The molecule has 9 nitrogen and oxygen atoms in total. The van der Waals surface area contributed by atoms with Gasteiger partial charge in [-0.05, 0) is 37.8 Å². The summed E-state index contributed by atoms with van der Waals surface area (Å²) in [6.45, 7) is 3.64. The zero-order valence-corrected chi connectivity index (χ0v) is 18.8. The number of nitrogens with zero attached hydrogens (tertiary/aromatic N) is 2. The summed E-state index contributed by atoms with van der Waals surface area (Å²) in [6, 6.07) is 6.91. The molecule has 0 N–H and O–H groups in total. The topological polar surface area (TPSA) is 124 Å². The number of nitro benzene ring substituents is 1. The van der Waals surface area contributed by atoms with Gasteiger partial charge < -0.3 is 4.74 Å². The number of benzene rings is 1. The Kier molecular flexibility index (Phi) is 8.00. The van der Waals surface area contributed by atoms with Crippen LogP contribution in [0.2, 0.25) is 0 Å². The zero-order valence-electron chi connectivity index (χ0n) is 17.1. The molecule has 0 amide bonds. The lowest BCUT2D eigenvalue weighted by atomic mass is 10.00. The largest absolute Gasteiger partial charge is 0.490 e. The maximum Gasteiger partial charge on any atom is 0.269 e. The molecular weight excluding hydrogens is 432 g/mol. The van der Waals surface area contributed by atoms with Gasteiger partial charge in [-0.25, -0.2) is 16.8 Å². The predicted molar refractivity (Wildman–Crippen MR) is 115 cm³/mol. The second-order valence-electron chi connectivity index (χ2n) is 7.71. The van der Waals surface area contributed by atoms with Crippen molar-refractivity contribution >= 4 is 25.4 Å². The molecule has 2 aliphatic rings. The Morgan fingerprint density at radius 3 is 2.03 bits per heavy atom. The van der Waals surface area contributed by atoms with Crippen molar-refractivity contribution in [3.05, 3.63) is 46.4 Å². The highest BCUT2D eigenvalue weighted by atomic mass is 32.2. The Bertz CT molecular complexity index is 933. The highest BCUT2D eigenvalue weighted by Gasteiger charge is 2.41. The quantitative estimate of drug-likeness (QED) is 0.448. The first-order valence-corrected chi connectivity index (χ1v) is 13.6. The van der Waals surface area contributed by atoms with Crippen LogP contribution in [0.1, 0.15) is 25.7 Å². The molecule has 0 aromatic heterocycles. The van der Waals surface area contributed by atoms with Gasteiger partial charge in [-0.2, -0.15) is 0 Å². The van der Waals surface area contributed by atoms with E-state index in [-0.39, 0.29) is 17.5 Å². The van der Waals surface area contributed by atoms with Crippen molar-refractivity contribution < 1.29 is 26.5 Å². The monoisotopic (exact) mass is 460 g/mol.